The van der Waals surface area contributed by atoms with Crippen molar-refractivity contribution in [2.75, 3.05) is 5.32 Å². The lowest BCUT2D eigenvalue weighted by atomic mass is 10.1. The first kappa shape index (κ1) is 12.7. The van der Waals surface area contributed by atoms with Crippen LogP contribution in [0.1, 0.15) is 22.8 Å². The zero-order valence-electron chi connectivity index (χ0n) is 10.1. The van der Waals surface area contributed by atoms with Crippen molar-refractivity contribution in [3.05, 3.63) is 64.7 Å². The molecule has 0 unspecified atom stereocenters. The molecule has 0 saturated carbocycles. The van der Waals surface area contributed by atoms with Crippen LogP contribution in [0.4, 0.5) is 5.69 Å². The third kappa shape index (κ3) is 3.11. The number of rotatable bonds is 3. The van der Waals surface area contributed by atoms with Gasteiger partial charge in [-0.15, -0.1) is 0 Å². The molecule has 1 amide bonds. The van der Waals surface area contributed by atoms with Gasteiger partial charge in [0.05, 0.1) is 0 Å². The van der Waals surface area contributed by atoms with Crippen molar-refractivity contribution in [3.63, 3.8) is 0 Å². The van der Waals surface area contributed by atoms with Crippen molar-refractivity contribution in [2.45, 2.75) is 13.3 Å². The Morgan fingerprint density at radius 3 is 2.22 bits per heavy atom. The number of aryl methyl sites for hydroxylation is 1. The largest absolute Gasteiger partial charge is 0.322 e. The molecule has 18 heavy (non-hydrogen) atoms. The fourth-order valence-electron chi connectivity index (χ4n) is 1.63. The minimum absolute atomic E-state index is 0.129. The predicted molar refractivity (Wildman–Crippen MR) is 75.2 cm³/mol. The molecule has 0 aliphatic rings. The summed E-state index contributed by atoms with van der Waals surface area (Å²) in [4.78, 5) is 11.9. The standard InChI is InChI=1S/C15H14ClNO/c1-2-11-3-9-14(10-4-11)17-15(18)12-5-7-13(16)8-6-12/h3-10H,2H2,1H3,(H,17,18). The number of nitrogens with one attached hydrogen (secondary N) is 1. The minimum atomic E-state index is -0.129. The van der Waals surface area contributed by atoms with Gasteiger partial charge in [0.2, 0.25) is 0 Å². The molecule has 1 N–H and O–H groups in total. The molecule has 2 nitrogen and oxygen atoms in total. The fraction of sp³-hybridized carbons (Fsp3) is 0.133. The van der Waals surface area contributed by atoms with Crippen LogP contribution in [0, 0.1) is 0 Å². The maximum absolute atomic E-state index is 11.9. The molecule has 0 aliphatic carbocycles. The molecule has 0 saturated heterocycles. The molecule has 2 aromatic rings. The van der Waals surface area contributed by atoms with Gasteiger partial charge < -0.3 is 5.32 Å². The highest BCUT2D eigenvalue weighted by Gasteiger charge is 2.05. The Balaban J connectivity index is 2.08. The number of anilines is 1. The van der Waals surface area contributed by atoms with Crippen molar-refractivity contribution in [2.24, 2.45) is 0 Å². The molecule has 92 valence electrons. The van der Waals surface area contributed by atoms with E-state index >= 15 is 0 Å². The summed E-state index contributed by atoms with van der Waals surface area (Å²) in [6.45, 7) is 2.10. The maximum atomic E-state index is 11.9. The van der Waals surface area contributed by atoms with Gasteiger partial charge in [-0.05, 0) is 48.4 Å². The lowest BCUT2D eigenvalue weighted by molar-refractivity contribution is 0.102. The van der Waals surface area contributed by atoms with Crippen molar-refractivity contribution in [1.82, 2.24) is 0 Å². The van der Waals surface area contributed by atoms with E-state index in [4.69, 9.17) is 11.6 Å². The Morgan fingerprint density at radius 1 is 1.06 bits per heavy atom. The third-order valence-electron chi connectivity index (χ3n) is 2.73. The quantitative estimate of drug-likeness (QED) is 0.881. The van der Waals surface area contributed by atoms with Crippen LogP contribution in [0.25, 0.3) is 0 Å². The van der Waals surface area contributed by atoms with Crippen molar-refractivity contribution in [3.8, 4) is 0 Å². The van der Waals surface area contributed by atoms with E-state index in [1.165, 1.54) is 5.56 Å². The molecule has 0 radical (unpaired) electrons. The van der Waals surface area contributed by atoms with Crippen molar-refractivity contribution < 1.29 is 4.79 Å². The van der Waals surface area contributed by atoms with Gasteiger partial charge in [-0.1, -0.05) is 30.7 Å². The van der Waals surface area contributed by atoms with E-state index in [-0.39, 0.29) is 5.91 Å². The first-order valence-electron chi connectivity index (χ1n) is 5.85. The molecule has 0 bridgehead atoms. The SMILES string of the molecule is CCc1ccc(NC(=O)c2ccc(Cl)cc2)cc1. The number of amides is 1. The van der Waals surface area contributed by atoms with Gasteiger partial charge in [0.25, 0.3) is 5.91 Å². The van der Waals surface area contributed by atoms with Crippen LogP contribution in [0.3, 0.4) is 0 Å². The van der Waals surface area contributed by atoms with E-state index in [1.54, 1.807) is 24.3 Å². The number of carbonyl (C=O) groups excluding carboxylic acids is 1. The molecular formula is C15H14ClNO. The summed E-state index contributed by atoms with van der Waals surface area (Å²) in [5, 5.41) is 3.47. The third-order valence-corrected chi connectivity index (χ3v) is 2.98. The van der Waals surface area contributed by atoms with Crippen LogP contribution in [-0.4, -0.2) is 5.91 Å². The Bertz CT molecular complexity index is 531. The summed E-state index contributed by atoms with van der Waals surface area (Å²) >= 11 is 5.78. The number of hydrogen-bond acceptors (Lipinski definition) is 1. The van der Waals surface area contributed by atoms with Crippen molar-refractivity contribution >= 4 is 23.2 Å². The molecule has 0 spiro atoms. The normalized spacial score (nSPS) is 10.1. The van der Waals surface area contributed by atoms with Crippen LogP contribution in [0.15, 0.2) is 48.5 Å². The van der Waals surface area contributed by atoms with Crippen LogP contribution in [0.2, 0.25) is 5.02 Å². The summed E-state index contributed by atoms with van der Waals surface area (Å²) in [6.07, 6.45) is 0.991. The van der Waals surface area contributed by atoms with E-state index in [0.29, 0.717) is 10.6 Å². The molecule has 0 atom stereocenters. The number of hydrogen-bond donors (Lipinski definition) is 1. The highest BCUT2D eigenvalue weighted by Crippen LogP contribution is 2.13. The summed E-state index contributed by atoms with van der Waals surface area (Å²) < 4.78 is 0. The van der Waals surface area contributed by atoms with Crippen LogP contribution in [-0.2, 0) is 6.42 Å². The Kier molecular flexibility index (Phi) is 4.00. The average Bonchev–Trinajstić information content (AvgIpc) is 2.40. The van der Waals surface area contributed by atoms with Crippen molar-refractivity contribution in [1.29, 1.82) is 0 Å². The van der Waals surface area contributed by atoms with Gasteiger partial charge in [0, 0.05) is 16.3 Å². The molecule has 0 aromatic heterocycles. The second kappa shape index (κ2) is 5.69. The van der Waals surface area contributed by atoms with Gasteiger partial charge in [-0.3, -0.25) is 4.79 Å². The maximum Gasteiger partial charge on any atom is 0.255 e. The predicted octanol–water partition coefficient (Wildman–Crippen LogP) is 4.15. The second-order valence-corrected chi connectivity index (χ2v) is 4.45. The van der Waals surface area contributed by atoms with Gasteiger partial charge in [-0.25, -0.2) is 0 Å². The van der Waals surface area contributed by atoms with Crippen LogP contribution in [0.5, 0.6) is 0 Å². The lowest BCUT2D eigenvalue weighted by Crippen LogP contribution is -2.11. The number of carbonyl (C=O) groups is 1. The molecule has 0 heterocycles. The van der Waals surface area contributed by atoms with Gasteiger partial charge in [0.15, 0.2) is 0 Å². The van der Waals surface area contributed by atoms with E-state index in [9.17, 15) is 4.79 Å². The highest BCUT2D eigenvalue weighted by atomic mass is 35.5. The zero-order chi connectivity index (χ0) is 13.0. The number of halogens is 1. The summed E-state index contributed by atoms with van der Waals surface area (Å²) in [6, 6.07) is 14.7. The number of benzene rings is 2. The van der Waals surface area contributed by atoms with E-state index in [2.05, 4.69) is 12.2 Å². The van der Waals surface area contributed by atoms with Crippen LogP contribution < -0.4 is 5.32 Å². The topological polar surface area (TPSA) is 29.1 Å². The lowest BCUT2D eigenvalue weighted by Gasteiger charge is -2.06. The first-order valence-corrected chi connectivity index (χ1v) is 6.22. The highest BCUT2D eigenvalue weighted by molar-refractivity contribution is 6.30. The molecule has 2 rings (SSSR count). The van der Waals surface area contributed by atoms with Crippen LogP contribution >= 0.6 is 11.6 Å². The summed E-state index contributed by atoms with van der Waals surface area (Å²) in [7, 11) is 0. The zero-order valence-corrected chi connectivity index (χ0v) is 10.9. The first-order chi connectivity index (χ1) is 8.69. The molecule has 0 aliphatic heterocycles. The smallest absolute Gasteiger partial charge is 0.255 e. The Labute approximate surface area is 112 Å². The summed E-state index contributed by atoms with van der Waals surface area (Å²) in [5.74, 6) is -0.129. The molecule has 2 aromatic carbocycles. The minimum Gasteiger partial charge on any atom is -0.322 e. The Morgan fingerprint density at radius 2 is 1.67 bits per heavy atom. The average molecular weight is 260 g/mol. The molecule has 0 fully saturated rings. The van der Waals surface area contributed by atoms with E-state index in [0.717, 1.165) is 12.1 Å². The van der Waals surface area contributed by atoms with E-state index in [1.807, 2.05) is 24.3 Å². The van der Waals surface area contributed by atoms with E-state index < -0.39 is 0 Å². The molecule has 3 heteroatoms. The molecular weight excluding hydrogens is 246 g/mol. The van der Waals surface area contributed by atoms with Gasteiger partial charge in [0.1, 0.15) is 0 Å². The summed E-state index contributed by atoms with van der Waals surface area (Å²) in [5.41, 5.74) is 2.64. The monoisotopic (exact) mass is 259 g/mol. The Hall–Kier alpha value is -1.80. The fourth-order valence-corrected chi connectivity index (χ4v) is 1.75. The second-order valence-electron chi connectivity index (χ2n) is 4.01. The van der Waals surface area contributed by atoms with Gasteiger partial charge >= 0.3 is 0 Å². The van der Waals surface area contributed by atoms with Gasteiger partial charge in [-0.2, -0.15) is 0 Å².